The number of carbonyl (C=O) groups is 2. The second-order valence-electron chi connectivity index (χ2n) is 6.15. The second kappa shape index (κ2) is 9.01. The van der Waals surface area contributed by atoms with Gasteiger partial charge in [0, 0.05) is 11.4 Å². The molecule has 0 saturated carbocycles. The van der Waals surface area contributed by atoms with Gasteiger partial charge in [-0.05, 0) is 23.3 Å². The molecular formula is C19H19ClN6O2. The summed E-state index contributed by atoms with van der Waals surface area (Å²) in [5.41, 5.74) is 7.17. The monoisotopic (exact) mass is 398 g/mol. The fourth-order valence-electron chi connectivity index (χ4n) is 2.62. The van der Waals surface area contributed by atoms with Gasteiger partial charge in [-0.1, -0.05) is 54.1 Å². The lowest BCUT2D eigenvalue weighted by atomic mass is 10.0. The Balaban J connectivity index is 1.71. The zero-order valence-electron chi connectivity index (χ0n) is 14.9. The number of aromatic amines is 1. The largest absolute Gasteiger partial charge is 0.368 e. The highest BCUT2D eigenvalue weighted by Crippen LogP contribution is 2.12. The van der Waals surface area contributed by atoms with Crippen LogP contribution < -0.4 is 16.4 Å². The Morgan fingerprint density at radius 2 is 1.79 bits per heavy atom. The van der Waals surface area contributed by atoms with Gasteiger partial charge in [-0.2, -0.15) is 4.98 Å². The van der Waals surface area contributed by atoms with Gasteiger partial charge in [0.05, 0.1) is 6.42 Å². The fraction of sp³-hybridized carbons (Fsp3) is 0.158. The van der Waals surface area contributed by atoms with Crippen LogP contribution in [-0.2, 0) is 22.4 Å². The van der Waals surface area contributed by atoms with Crippen LogP contribution in [0.15, 0.2) is 54.6 Å². The number of hydrogen-bond donors (Lipinski definition) is 4. The molecule has 3 aromatic rings. The van der Waals surface area contributed by atoms with E-state index in [1.807, 2.05) is 30.3 Å². The lowest BCUT2D eigenvalue weighted by Crippen LogP contribution is -2.46. The Labute approximate surface area is 166 Å². The van der Waals surface area contributed by atoms with Crippen LogP contribution in [0, 0.1) is 0 Å². The van der Waals surface area contributed by atoms with Crippen molar-refractivity contribution in [1.82, 2.24) is 20.5 Å². The number of rotatable bonds is 7. The molecule has 1 aromatic heterocycles. The van der Waals surface area contributed by atoms with Gasteiger partial charge in [-0.15, -0.1) is 5.10 Å². The third-order valence-corrected chi connectivity index (χ3v) is 4.20. The van der Waals surface area contributed by atoms with Gasteiger partial charge in [-0.25, -0.2) is 5.10 Å². The van der Waals surface area contributed by atoms with Gasteiger partial charge in [0.2, 0.25) is 23.7 Å². The van der Waals surface area contributed by atoms with Crippen molar-refractivity contribution in [1.29, 1.82) is 0 Å². The Morgan fingerprint density at radius 3 is 2.43 bits per heavy atom. The number of nitrogens with one attached hydrogen (secondary N) is 3. The molecule has 0 unspecified atom stereocenters. The highest BCUT2D eigenvalue weighted by Gasteiger charge is 2.22. The number of aromatic nitrogens is 3. The number of benzene rings is 2. The summed E-state index contributed by atoms with van der Waals surface area (Å²) < 4.78 is 0. The first kappa shape index (κ1) is 19.4. The van der Waals surface area contributed by atoms with Crippen LogP contribution in [0.4, 0.5) is 11.9 Å². The van der Waals surface area contributed by atoms with Crippen LogP contribution >= 0.6 is 11.6 Å². The van der Waals surface area contributed by atoms with Crippen molar-refractivity contribution in [3.05, 3.63) is 70.7 Å². The number of hydrogen-bond acceptors (Lipinski definition) is 5. The van der Waals surface area contributed by atoms with Gasteiger partial charge in [0.1, 0.15) is 6.04 Å². The SMILES string of the molecule is Nc1nc(NC(=O)[C@H](Cc2ccc(Cl)cc2)NC(=O)Cc2ccccc2)n[nH]1. The molecule has 9 heteroatoms. The maximum absolute atomic E-state index is 12.7. The van der Waals surface area contributed by atoms with E-state index in [0.29, 0.717) is 5.02 Å². The Hall–Kier alpha value is -3.39. The van der Waals surface area contributed by atoms with E-state index >= 15 is 0 Å². The number of H-pyrrole nitrogens is 1. The molecule has 2 aromatic carbocycles. The first-order chi connectivity index (χ1) is 13.5. The van der Waals surface area contributed by atoms with Crippen LogP contribution in [0.2, 0.25) is 5.02 Å². The molecule has 1 heterocycles. The molecule has 0 aliphatic heterocycles. The number of halogens is 1. The maximum atomic E-state index is 12.7. The van der Waals surface area contributed by atoms with Crippen molar-refractivity contribution in [2.75, 3.05) is 11.1 Å². The molecule has 0 spiro atoms. The number of anilines is 2. The molecular weight excluding hydrogens is 380 g/mol. The third-order valence-electron chi connectivity index (χ3n) is 3.95. The minimum Gasteiger partial charge on any atom is -0.368 e. The quantitative estimate of drug-likeness (QED) is 0.484. The molecule has 0 bridgehead atoms. The number of nitrogens with zero attached hydrogens (tertiary/aromatic N) is 2. The molecule has 1 atom stereocenters. The minimum absolute atomic E-state index is 0.0425. The molecule has 8 nitrogen and oxygen atoms in total. The summed E-state index contributed by atoms with van der Waals surface area (Å²) in [6.07, 6.45) is 0.447. The Bertz CT molecular complexity index is 943. The molecule has 28 heavy (non-hydrogen) atoms. The zero-order chi connectivity index (χ0) is 19.9. The first-order valence-electron chi connectivity index (χ1n) is 8.56. The van der Waals surface area contributed by atoms with E-state index in [-0.39, 0.29) is 30.6 Å². The maximum Gasteiger partial charge on any atom is 0.250 e. The average Bonchev–Trinajstić information content (AvgIpc) is 3.08. The van der Waals surface area contributed by atoms with Crippen molar-refractivity contribution < 1.29 is 9.59 Å². The topological polar surface area (TPSA) is 126 Å². The zero-order valence-corrected chi connectivity index (χ0v) is 15.6. The van der Waals surface area contributed by atoms with Crippen molar-refractivity contribution in [3.63, 3.8) is 0 Å². The molecule has 0 aliphatic carbocycles. The lowest BCUT2D eigenvalue weighted by molar-refractivity contribution is -0.126. The fourth-order valence-corrected chi connectivity index (χ4v) is 2.75. The summed E-state index contributed by atoms with van der Waals surface area (Å²) in [6, 6.07) is 15.5. The van der Waals surface area contributed by atoms with Gasteiger partial charge >= 0.3 is 0 Å². The third kappa shape index (κ3) is 5.55. The van der Waals surface area contributed by atoms with E-state index in [1.165, 1.54) is 0 Å². The van der Waals surface area contributed by atoms with Crippen molar-refractivity contribution in [3.8, 4) is 0 Å². The standard InChI is InChI=1S/C19H19ClN6O2/c20-14-8-6-13(7-9-14)10-15(17(28)23-19-24-18(21)25-26-19)22-16(27)11-12-4-2-1-3-5-12/h1-9,15H,10-11H2,(H,22,27)(H4,21,23,24,25,26,28)/t15-/m0/s1. The van der Waals surface area contributed by atoms with Crippen molar-refractivity contribution in [2.45, 2.75) is 18.9 Å². The molecule has 0 fully saturated rings. The Morgan fingerprint density at radius 1 is 1.07 bits per heavy atom. The van der Waals surface area contributed by atoms with Crippen molar-refractivity contribution >= 4 is 35.3 Å². The smallest absolute Gasteiger partial charge is 0.250 e. The van der Waals surface area contributed by atoms with Gasteiger partial charge in [0.15, 0.2) is 0 Å². The molecule has 144 valence electrons. The van der Waals surface area contributed by atoms with Crippen molar-refractivity contribution in [2.24, 2.45) is 0 Å². The van der Waals surface area contributed by atoms with E-state index in [2.05, 4.69) is 25.8 Å². The van der Waals surface area contributed by atoms with E-state index in [4.69, 9.17) is 17.3 Å². The molecule has 0 radical (unpaired) electrons. The molecule has 0 aliphatic rings. The summed E-state index contributed by atoms with van der Waals surface area (Å²) >= 11 is 5.91. The molecule has 5 N–H and O–H groups in total. The minimum atomic E-state index is -0.822. The van der Waals surface area contributed by atoms with Gasteiger partial charge in [-0.3, -0.25) is 14.9 Å². The van der Waals surface area contributed by atoms with E-state index < -0.39 is 11.9 Å². The van der Waals surface area contributed by atoms with E-state index in [1.54, 1.807) is 24.3 Å². The molecule has 0 saturated heterocycles. The van der Waals surface area contributed by atoms with Gasteiger partial charge < -0.3 is 11.1 Å². The average molecular weight is 399 g/mol. The first-order valence-corrected chi connectivity index (χ1v) is 8.94. The number of amides is 2. The second-order valence-corrected chi connectivity index (χ2v) is 6.58. The molecule has 2 amide bonds. The number of nitrogens with two attached hydrogens (primary N) is 1. The van der Waals surface area contributed by atoms with Crippen LogP contribution in [0.1, 0.15) is 11.1 Å². The summed E-state index contributed by atoms with van der Waals surface area (Å²) in [6.45, 7) is 0. The Kier molecular flexibility index (Phi) is 6.23. The summed E-state index contributed by atoms with van der Waals surface area (Å²) in [5.74, 6) is -0.594. The van der Waals surface area contributed by atoms with E-state index in [9.17, 15) is 9.59 Å². The summed E-state index contributed by atoms with van der Waals surface area (Å²) in [5, 5.41) is 12.1. The predicted octanol–water partition coefficient (Wildman–Crippen LogP) is 1.95. The number of carbonyl (C=O) groups excluding carboxylic acids is 2. The highest BCUT2D eigenvalue weighted by molar-refractivity contribution is 6.30. The summed E-state index contributed by atoms with van der Waals surface area (Å²) in [4.78, 5) is 29.0. The van der Waals surface area contributed by atoms with Crippen LogP contribution in [0.25, 0.3) is 0 Å². The lowest BCUT2D eigenvalue weighted by Gasteiger charge is -2.18. The molecule has 3 rings (SSSR count). The van der Waals surface area contributed by atoms with Crippen LogP contribution in [-0.4, -0.2) is 33.0 Å². The van der Waals surface area contributed by atoms with Gasteiger partial charge in [0.25, 0.3) is 0 Å². The van der Waals surface area contributed by atoms with Crippen LogP contribution in [0.5, 0.6) is 0 Å². The predicted molar refractivity (Wildman–Crippen MR) is 107 cm³/mol. The normalized spacial score (nSPS) is 11.6. The number of nitrogen functional groups attached to an aromatic ring is 1. The van der Waals surface area contributed by atoms with E-state index in [0.717, 1.165) is 11.1 Å². The highest BCUT2D eigenvalue weighted by atomic mass is 35.5. The summed E-state index contributed by atoms with van der Waals surface area (Å²) in [7, 11) is 0. The van der Waals surface area contributed by atoms with Crippen LogP contribution in [0.3, 0.4) is 0 Å².